The van der Waals surface area contributed by atoms with Crippen molar-refractivity contribution in [3.63, 3.8) is 0 Å². The number of hydrogen-bond donors (Lipinski definition) is 0. The van der Waals surface area contributed by atoms with Crippen LogP contribution in [0.1, 0.15) is 1.43 Å². The normalized spacial score (nSPS) is 5.71. The van der Waals surface area contributed by atoms with Crippen LogP contribution < -0.4 is 51.4 Å². The van der Waals surface area contributed by atoms with E-state index < -0.39 is 5.09 Å². The first-order valence-corrected chi connectivity index (χ1v) is 1.02. The third kappa shape index (κ3) is 6.97. The summed E-state index contributed by atoms with van der Waals surface area (Å²) < 4.78 is 6.66. The van der Waals surface area contributed by atoms with Crippen molar-refractivity contribution < 1.29 is 67.4 Å². The van der Waals surface area contributed by atoms with Gasteiger partial charge in [0.2, 0.25) is 0 Å². The summed E-state index contributed by atoms with van der Waals surface area (Å²) in [5.74, 6) is 0. The third-order valence-electron chi connectivity index (χ3n) is 0.172. The van der Waals surface area contributed by atoms with E-state index in [0.29, 0.717) is 0 Å². The first-order chi connectivity index (χ1) is 2.81. The third-order valence-corrected chi connectivity index (χ3v) is 0.172. The molecule has 4 nitrogen and oxygen atoms in total. The van der Waals surface area contributed by atoms with Gasteiger partial charge in [0.15, 0.2) is 0 Å². The second kappa shape index (κ2) is 6.97. The molecule has 4 radical (unpaired) electrons. The first-order valence-electron chi connectivity index (χ1n) is 1.02. The molecule has 0 aromatic carbocycles. The quantitative estimate of drug-likeness (QED) is 0.277. The zero-order chi connectivity index (χ0) is 4.99. The molecule has 0 N–H and O–H groups in total. The molecule has 0 aromatic heterocycles. The van der Waals surface area contributed by atoms with Gasteiger partial charge in [0.05, 0.1) is 0 Å². The number of rotatable bonds is 2. The van der Waals surface area contributed by atoms with Crippen molar-refractivity contribution in [3.05, 3.63) is 4.91 Å². The van der Waals surface area contributed by atoms with E-state index in [9.17, 15) is 4.91 Å². The van der Waals surface area contributed by atoms with E-state index in [0.717, 1.165) is 0 Å². The average molecular weight is 124 g/mol. The molecule has 7 heavy (non-hydrogen) atoms. The van der Waals surface area contributed by atoms with E-state index in [1.807, 2.05) is 0 Å². The molecule has 0 bridgehead atoms. The summed E-state index contributed by atoms with van der Waals surface area (Å²) in [6.07, 6.45) is 0. The van der Waals surface area contributed by atoms with Crippen molar-refractivity contribution in [2.24, 2.45) is 0 Å². The molecule has 7 heteroatoms. The van der Waals surface area contributed by atoms with Gasteiger partial charge in [0, 0.05) is 0 Å². The maximum atomic E-state index is 9.40. The standard InChI is InChI=1S/B2NO3.K.H/c1-5-3(4)6-2;;/q2*+1;-1. The first kappa shape index (κ1) is 10.9. The molecule has 0 aliphatic rings. The Morgan fingerprint density at radius 3 is 1.71 bits per heavy atom. The SMILES string of the molecule is [B]O[N+](=O)O[B].[H-].[K+]. The van der Waals surface area contributed by atoms with Crippen LogP contribution in [0.3, 0.4) is 0 Å². The molecular formula is HB2KNO3+. The fourth-order valence-corrected chi connectivity index (χ4v) is 0.0248. The Hall–Kier alpha value is 0.966. The molecule has 0 atom stereocenters. The van der Waals surface area contributed by atoms with Crippen LogP contribution in [0.5, 0.6) is 0 Å². The van der Waals surface area contributed by atoms with Gasteiger partial charge in [-0.15, -0.1) is 0 Å². The zero-order valence-electron chi connectivity index (χ0n) is 4.83. The van der Waals surface area contributed by atoms with E-state index in [1.54, 1.807) is 0 Å². The summed E-state index contributed by atoms with van der Waals surface area (Å²) in [6.45, 7) is 0. The van der Waals surface area contributed by atoms with Gasteiger partial charge in [0.1, 0.15) is 4.91 Å². The topological polar surface area (TPSA) is 38.5 Å². The monoisotopic (exact) mass is 124 g/mol. The maximum absolute atomic E-state index is 9.40. The molecule has 0 heterocycles. The fourth-order valence-electron chi connectivity index (χ4n) is 0.0248. The van der Waals surface area contributed by atoms with E-state index in [1.165, 1.54) is 0 Å². The Kier molecular flexibility index (Phi) is 10.8. The zero-order valence-corrected chi connectivity index (χ0v) is 6.95. The van der Waals surface area contributed by atoms with Gasteiger partial charge in [-0.05, 0) is 0 Å². The molecule has 30 valence electrons. The minimum atomic E-state index is -0.444. The van der Waals surface area contributed by atoms with Gasteiger partial charge in [-0.25, -0.2) is 0 Å². The van der Waals surface area contributed by atoms with Gasteiger partial charge >= 0.3 is 72.6 Å². The molecule has 0 fully saturated rings. The van der Waals surface area contributed by atoms with E-state index in [4.69, 9.17) is 0 Å². The summed E-state index contributed by atoms with van der Waals surface area (Å²) in [5.41, 5.74) is 0. The molecule has 0 amide bonds. The predicted molar refractivity (Wildman–Crippen MR) is 18.4 cm³/mol. The van der Waals surface area contributed by atoms with Gasteiger partial charge < -0.3 is 1.43 Å². The van der Waals surface area contributed by atoms with Crippen LogP contribution in [0.25, 0.3) is 0 Å². The molecule has 0 unspecified atom stereocenters. The van der Waals surface area contributed by atoms with Crippen LogP contribution in [0.15, 0.2) is 0 Å². The number of hydrogen-bond acceptors (Lipinski definition) is 3. The van der Waals surface area contributed by atoms with Crippen LogP contribution in [0, 0.1) is 4.91 Å². The summed E-state index contributed by atoms with van der Waals surface area (Å²) >= 11 is 0. The van der Waals surface area contributed by atoms with Gasteiger partial charge in [-0.3, -0.25) is 9.51 Å². The Labute approximate surface area is 87.2 Å². The molecule has 0 saturated carbocycles. The minimum Gasteiger partial charge on any atom is -1.00 e. The van der Waals surface area contributed by atoms with Crippen molar-refractivity contribution in [2.75, 3.05) is 0 Å². The summed E-state index contributed by atoms with van der Waals surface area (Å²) in [5, 5.41) is -0.444. The summed E-state index contributed by atoms with van der Waals surface area (Å²) in [4.78, 5) is 9.40. The molecule has 0 aliphatic carbocycles. The molecule has 0 aliphatic heterocycles. The van der Waals surface area contributed by atoms with Gasteiger partial charge in [-0.1, -0.05) is 0 Å². The van der Waals surface area contributed by atoms with Crippen LogP contribution in [0.4, 0.5) is 0 Å². The Morgan fingerprint density at radius 2 is 1.71 bits per heavy atom. The number of nitrogens with zero attached hydrogens (tertiary/aromatic N) is 1. The van der Waals surface area contributed by atoms with Crippen LogP contribution in [0.2, 0.25) is 0 Å². The smallest absolute Gasteiger partial charge is 1.00 e. The van der Waals surface area contributed by atoms with Crippen molar-refractivity contribution in [1.82, 2.24) is 0 Å². The second-order valence-corrected chi connectivity index (χ2v) is 0.434. The Morgan fingerprint density at radius 1 is 1.43 bits per heavy atom. The van der Waals surface area contributed by atoms with E-state index in [-0.39, 0.29) is 52.8 Å². The predicted octanol–water partition coefficient (Wildman–Crippen LogP) is -4.09. The van der Waals surface area contributed by atoms with Gasteiger partial charge in [-0.2, -0.15) is 0 Å². The maximum Gasteiger partial charge on any atom is 1.00 e. The van der Waals surface area contributed by atoms with Crippen LogP contribution >= 0.6 is 0 Å². The van der Waals surface area contributed by atoms with E-state index >= 15 is 0 Å². The largest absolute Gasteiger partial charge is 1.00 e. The second-order valence-electron chi connectivity index (χ2n) is 0.434. The molecule has 0 spiro atoms. The Bertz CT molecular complexity index is 55.2. The van der Waals surface area contributed by atoms with Crippen molar-refractivity contribution in [2.45, 2.75) is 0 Å². The molecule has 0 saturated heterocycles. The molecule has 0 aromatic rings. The van der Waals surface area contributed by atoms with Crippen LogP contribution in [-0.2, 0) is 9.51 Å². The van der Waals surface area contributed by atoms with E-state index in [2.05, 4.69) is 25.6 Å². The Balaban J connectivity index is -0.000000125. The summed E-state index contributed by atoms with van der Waals surface area (Å²) in [6, 6.07) is 0. The van der Waals surface area contributed by atoms with Crippen molar-refractivity contribution in [1.29, 1.82) is 0 Å². The molecular weight excluding hydrogens is 123 g/mol. The average Bonchev–Trinajstić information content (AvgIpc) is 1.65. The van der Waals surface area contributed by atoms with Crippen molar-refractivity contribution >= 4 is 16.1 Å². The van der Waals surface area contributed by atoms with Crippen LogP contribution in [-0.4, -0.2) is 21.2 Å². The minimum absolute atomic E-state index is 0. The van der Waals surface area contributed by atoms with Crippen molar-refractivity contribution in [3.8, 4) is 0 Å². The summed E-state index contributed by atoms with van der Waals surface area (Å²) in [7, 11) is 8.38. The van der Waals surface area contributed by atoms with Gasteiger partial charge in [0.25, 0.3) is 0 Å². The molecule has 0 rings (SSSR count). The fraction of sp³-hybridized carbons (Fsp3) is 0.